The summed E-state index contributed by atoms with van der Waals surface area (Å²) >= 11 is 0. The van der Waals surface area contributed by atoms with Crippen molar-refractivity contribution in [3.05, 3.63) is 90.6 Å². The molecule has 4 aromatic carbocycles. The number of nitrogens with zero attached hydrogens (tertiary/aromatic N) is 1. The summed E-state index contributed by atoms with van der Waals surface area (Å²) in [6.45, 7) is 2.04. The Balaban J connectivity index is 1.94. The minimum atomic E-state index is 0.983. The minimum Gasteiger partial charge on any atom is -0.282 e. The zero-order valence-corrected chi connectivity index (χ0v) is 14.5. The summed E-state index contributed by atoms with van der Waals surface area (Å²) < 4.78 is 0. The fourth-order valence-corrected chi connectivity index (χ4v) is 3.77. The molecular weight excluding hydrogens is 316 g/mol. The maximum Gasteiger partial charge on any atom is 0.0929 e. The molecule has 0 spiro atoms. The first kappa shape index (κ1) is 14.9. The van der Waals surface area contributed by atoms with Crippen LogP contribution in [0, 0.1) is 6.92 Å². The molecule has 124 valence electrons. The van der Waals surface area contributed by atoms with E-state index in [1.807, 2.05) is 6.92 Å². The van der Waals surface area contributed by atoms with Crippen molar-refractivity contribution in [1.29, 1.82) is 0 Å². The zero-order valence-electron chi connectivity index (χ0n) is 14.5. The highest BCUT2D eigenvalue weighted by Gasteiger charge is 2.15. The molecule has 0 aliphatic rings. The first-order valence-electron chi connectivity index (χ1n) is 8.83. The van der Waals surface area contributed by atoms with Crippen LogP contribution in [0.2, 0.25) is 0 Å². The molecule has 1 N–H and O–H groups in total. The average Bonchev–Trinajstić information content (AvgIpc) is 3.13. The molecule has 5 aromatic rings. The van der Waals surface area contributed by atoms with Gasteiger partial charge in [0.15, 0.2) is 0 Å². The van der Waals surface area contributed by atoms with Gasteiger partial charge in [0, 0.05) is 11.3 Å². The molecule has 0 amide bonds. The van der Waals surface area contributed by atoms with Gasteiger partial charge < -0.3 is 0 Å². The van der Waals surface area contributed by atoms with Gasteiger partial charge in [0.1, 0.15) is 0 Å². The molecular formula is C24H18N2. The van der Waals surface area contributed by atoms with Gasteiger partial charge in [0.2, 0.25) is 0 Å². The van der Waals surface area contributed by atoms with Gasteiger partial charge in [-0.25, -0.2) is 0 Å². The zero-order chi connectivity index (χ0) is 17.5. The lowest BCUT2D eigenvalue weighted by Crippen LogP contribution is -1.90. The Bertz CT molecular complexity index is 1240. The quantitative estimate of drug-likeness (QED) is 0.400. The molecule has 1 heterocycles. The summed E-state index contributed by atoms with van der Waals surface area (Å²) in [7, 11) is 0. The van der Waals surface area contributed by atoms with E-state index in [0.29, 0.717) is 0 Å². The van der Waals surface area contributed by atoms with Crippen LogP contribution in [-0.2, 0) is 0 Å². The van der Waals surface area contributed by atoms with Crippen LogP contribution in [0.3, 0.4) is 0 Å². The Kier molecular flexibility index (Phi) is 3.36. The lowest BCUT2D eigenvalue weighted by Gasteiger charge is -2.14. The molecule has 1 aromatic heterocycles. The number of benzene rings is 4. The van der Waals surface area contributed by atoms with E-state index in [0.717, 1.165) is 17.0 Å². The van der Waals surface area contributed by atoms with Crippen molar-refractivity contribution in [2.45, 2.75) is 6.92 Å². The van der Waals surface area contributed by atoms with Gasteiger partial charge in [-0.15, -0.1) is 0 Å². The van der Waals surface area contributed by atoms with Gasteiger partial charge in [-0.3, -0.25) is 5.10 Å². The highest BCUT2D eigenvalue weighted by atomic mass is 15.1. The molecule has 0 fully saturated rings. The molecule has 5 rings (SSSR count). The summed E-state index contributed by atoms with van der Waals surface area (Å²) in [6.07, 6.45) is 0. The average molecular weight is 334 g/mol. The molecule has 0 atom stereocenters. The molecule has 0 bridgehead atoms. The van der Waals surface area contributed by atoms with Crippen molar-refractivity contribution in [1.82, 2.24) is 10.2 Å². The lowest BCUT2D eigenvalue weighted by atomic mass is 9.89. The monoisotopic (exact) mass is 334 g/mol. The van der Waals surface area contributed by atoms with Gasteiger partial charge in [-0.1, -0.05) is 78.9 Å². The van der Waals surface area contributed by atoms with E-state index in [1.165, 1.54) is 32.7 Å². The van der Waals surface area contributed by atoms with Crippen LogP contribution >= 0.6 is 0 Å². The molecule has 26 heavy (non-hydrogen) atoms. The number of rotatable bonds is 2. The second-order valence-corrected chi connectivity index (χ2v) is 6.67. The summed E-state index contributed by atoms with van der Waals surface area (Å²) in [5.41, 5.74) is 5.69. The molecule has 2 heteroatoms. The van der Waals surface area contributed by atoms with Crippen LogP contribution < -0.4 is 0 Å². The van der Waals surface area contributed by atoms with Crippen molar-refractivity contribution < 1.29 is 0 Å². The number of fused-ring (bicyclic) bond motifs is 2. The van der Waals surface area contributed by atoms with Gasteiger partial charge in [0.25, 0.3) is 0 Å². The highest BCUT2D eigenvalue weighted by Crippen LogP contribution is 2.40. The topological polar surface area (TPSA) is 28.7 Å². The number of hydrogen-bond acceptors (Lipinski definition) is 1. The van der Waals surface area contributed by atoms with E-state index < -0.39 is 0 Å². The third kappa shape index (κ3) is 2.31. The number of hydrogen-bond donors (Lipinski definition) is 1. The number of nitrogens with one attached hydrogen (secondary N) is 1. The Morgan fingerprint density at radius 2 is 1.35 bits per heavy atom. The molecule has 0 unspecified atom stereocenters. The maximum atomic E-state index is 4.53. The van der Waals surface area contributed by atoms with Gasteiger partial charge >= 0.3 is 0 Å². The first-order valence-corrected chi connectivity index (χ1v) is 8.83. The summed E-state index contributed by atoms with van der Waals surface area (Å²) in [5.74, 6) is 0. The number of aromatic nitrogens is 2. The fraction of sp³-hybridized carbons (Fsp3) is 0.0417. The van der Waals surface area contributed by atoms with Crippen molar-refractivity contribution in [2.24, 2.45) is 0 Å². The lowest BCUT2D eigenvalue weighted by molar-refractivity contribution is 1.05. The smallest absolute Gasteiger partial charge is 0.0929 e. The van der Waals surface area contributed by atoms with Crippen LogP contribution in [0.15, 0.2) is 84.9 Å². The van der Waals surface area contributed by atoms with Gasteiger partial charge in [-0.2, -0.15) is 5.10 Å². The minimum absolute atomic E-state index is 0.983. The Labute approximate surface area is 152 Å². The van der Waals surface area contributed by atoms with E-state index in [2.05, 4.69) is 95.1 Å². The van der Waals surface area contributed by atoms with E-state index in [1.54, 1.807) is 0 Å². The first-order chi connectivity index (χ1) is 12.8. The van der Waals surface area contributed by atoms with E-state index in [4.69, 9.17) is 0 Å². The largest absolute Gasteiger partial charge is 0.282 e. The molecule has 0 aliphatic carbocycles. The second-order valence-electron chi connectivity index (χ2n) is 6.67. The standard InChI is InChI=1S/C24H18N2/c1-16-15-23(26-25-16)22-14-13-18-8-3-5-11-20(18)24(22)21-12-6-9-17-7-2-4-10-19(17)21/h2-15H,1H3,(H,25,26). The predicted octanol–water partition coefficient (Wildman–Crippen LogP) is 6.36. The van der Waals surface area contributed by atoms with Crippen LogP contribution in [0.5, 0.6) is 0 Å². The van der Waals surface area contributed by atoms with Crippen molar-refractivity contribution in [2.75, 3.05) is 0 Å². The summed E-state index contributed by atoms with van der Waals surface area (Å²) in [5, 5.41) is 12.6. The molecule has 0 saturated carbocycles. The predicted molar refractivity (Wildman–Crippen MR) is 109 cm³/mol. The van der Waals surface area contributed by atoms with Crippen molar-refractivity contribution in [3.63, 3.8) is 0 Å². The molecule has 0 aliphatic heterocycles. The van der Waals surface area contributed by atoms with E-state index in [-0.39, 0.29) is 0 Å². The third-order valence-electron chi connectivity index (χ3n) is 4.97. The number of H-pyrrole nitrogens is 1. The molecule has 0 radical (unpaired) electrons. The second kappa shape index (κ2) is 5.85. The van der Waals surface area contributed by atoms with Crippen LogP contribution in [0.1, 0.15) is 5.69 Å². The van der Waals surface area contributed by atoms with E-state index >= 15 is 0 Å². The fourth-order valence-electron chi connectivity index (χ4n) is 3.77. The Morgan fingerprint density at radius 1 is 0.654 bits per heavy atom. The van der Waals surface area contributed by atoms with Crippen LogP contribution in [-0.4, -0.2) is 10.2 Å². The normalized spacial score (nSPS) is 11.3. The summed E-state index contributed by atoms with van der Waals surface area (Å²) in [6, 6.07) is 30.1. The van der Waals surface area contributed by atoms with Crippen LogP contribution in [0.4, 0.5) is 0 Å². The van der Waals surface area contributed by atoms with Crippen molar-refractivity contribution in [3.8, 4) is 22.4 Å². The third-order valence-corrected chi connectivity index (χ3v) is 4.97. The Hall–Kier alpha value is -3.39. The van der Waals surface area contributed by atoms with Crippen molar-refractivity contribution >= 4 is 21.5 Å². The highest BCUT2D eigenvalue weighted by molar-refractivity contribution is 6.10. The molecule has 2 nitrogen and oxygen atoms in total. The number of aromatic amines is 1. The maximum absolute atomic E-state index is 4.53. The SMILES string of the molecule is Cc1cc(-c2ccc3ccccc3c2-c2cccc3ccccc23)n[nH]1. The number of aryl methyl sites for hydroxylation is 1. The van der Waals surface area contributed by atoms with Gasteiger partial charge in [-0.05, 0) is 45.7 Å². The summed E-state index contributed by atoms with van der Waals surface area (Å²) in [4.78, 5) is 0. The van der Waals surface area contributed by atoms with E-state index in [9.17, 15) is 0 Å². The molecule has 0 saturated heterocycles. The Morgan fingerprint density at radius 3 is 2.12 bits per heavy atom. The van der Waals surface area contributed by atoms with Crippen LogP contribution in [0.25, 0.3) is 43.9 Å². The van der Waals surface area contributed by atoms with Gasteiger partial charge in [0.05, 0.1) is 5.69 Å².